The van der Waals surface area contributed by atoms with E-state index in [1.807, 2.05) is 54.6 Å². The molecule has 1 aliphatic carbocycles. The SMILES string of the molecule is COc1ccc(NC(=O)CC2CCN(CC[C@H](NS(=O)(=S)C3CCC(F)(F)CC3)c3ccccc3)CC2)cc1. The summed E-state index contributed by atoms with van der Waals surface area (Å²) in [6.07, 6.45) is 2.94. The number of piperidine rings is 1. The van der Waals surface area contributed by atoms with Crippen LogP contribution < -0.4 is 14.8 Å². The molecule has 0 aromatic heterocycles. The molecule has 6 nitrogen and oxygen atoms in total. The number of rotatable bonds is 11. The highest BCUT2D eigenvalue weighted by atomic mass is 32.8. The zero-order valence-corrected chi connectivity index (χ0v) is 24.1. The maximum atomic E-state index is 13.7. The Kier molecular flexibility index (Phi) is 10.3. The maximum absolute atomic E-state index is 13.7. The molecule has 10 heteroatoms. The van der Waals surface area contributed by atoms with Gasteiger partial charge in [-0.1, -0.05) is 30.3 Å². The number of methoxy groups -OCH3 is 1. The molecule has 1 aliphatic heterocycles. The van der Waals surface area contributed by atoms with Crippen LogP contribution in [0.25, 0.3) is 0 Å². The number of halogens is 2. The highest BCUT2D eigenvalue weighted by Crippen LogP contribution is 2.36. The topological polar surface area (TPSA) is 70.7 Å². The summed E-state index contributed by atoms with van der Waals surface area (Å²) in [7, 11) is -1.30. The van der Waals surface area contributed by atoms with Crippen LogP contribution in [0.4, 0.5) is 14.5 Å². The van der Waals surface area contributed by atoms with E-state index in [0.717, 1.165) is 49.5 Å². The smallest absolute Gasteiger partial charge is 0.248 e. The van der Waals surface area contributed by atoms with E-state index in [9.17, 15) is 17.8 Å². The molecule has 2 atom stereocenters. The van der Waals surface area contributed by atoms with Crippen molar-refractivity contribution in [1.29, 1.82) is 0 Å². The molecule has 2 aromatic rings. The van der Waals surface area contributed by atoms with Crippen LogP contribution in [0.5, 0.6) is 5.75 Å². The second kappa shape index (κ2) is 13.5. The van der Waals surface area contributed by atoms with Gasteiger partial charge in [-0.05, 0) is 98.7 Å². The average molecular weight is 580 g/mol. The first-order valence-electron chi connectivity index (χ1n) is 13.7. The van der Waals surface area contributed by atoms with Crippen molar-refractivity contribution < 1.29 is 22.5 Å². The fourth-order valence-corrected chi connectivity index (χ4v) is 8.10. The predicted octanol–water partition coefficient (Wildman–Crippen LogP) is 5.70. The number of benzene rings is 2. The quantitative estimate of drug-likeness (QED) is 0.358. The third-order valence-corrected chi connectivity index (χ3v) is 11.0. The van der Waals surface area contributed by atoms with Crippen molar-refractivity contribution in [3.05, 3.63) is 60.2 Å². The lowest BCUT2D eigenvalue weighted by Crippen LogP contribution is -2.41. The lowest BCUT2D eigenvalue weighted by Gasteiger charge is -2.34. The third-order valence-electron chi connectivity index (χ3n) is 7.90. The normalized spacial score (nSPS) is 21.1. The van der Waals surface area contributed by atoms with E-state index in [1.165, 1.54) is 0 Å². The number of ether oxygens (including phenoxy) is 1. The van der Waals surface area contributed by atoms with Gasteiger partial charge in [0.15, 0.2) is 0 Å². The molecule has 2 fully saturated rings. The molecule has 2 aromatic carbocycles. The molecule has 2 N–H and O–H groups in total. The van der Waals surface area contributed by atoms with E-state index in [4.69, 9.17) is 15.9 Å². The highest BCUT2D eigenvalue weighted by molar-refractivity contribution is 8.32. The van der Waals surface area contributed by atoms with Crippen LogP contribution in [0.15, 0.2) is 54.6 Å². The molecule has 1 saturated heterocycles. The molecular formula is C29H39F2N3O3S2. The van der Waals surface area contributed by atoms with Crippen LogP contribution in [0.1, 0.15) is 63.0 Å². The van der Waals surface area contributed by atoms with Gasteiger partial charge in [-0.15, -0.1) is 0 Å². The van der Waals surface area contributed by atoms with Crippen molar-refractivity contribution in [3.63, 3.8) is 0 Å². The zero-order valence-electron chi connectivity index (χ0n) is 22.5. The minimum absolute atomic E-state index is 0.0210. The van der Waals surface area contributed by atoms with Gasteiger partial charge in [0.2, 0.25) is 11.8 Å². The second-order valence-electron chi connectivity index (χ2n) is 10.7. The maximum Gasteiger partial charge on any atom is 0.248 e. The van der Waals surface area contributed by atoms with Crippen LogP contribution >= 0.6 is 0 Å². The van der Waals surface area contributed by atoms with E-state index in [2.05, 4.69) is 14.9 Å². The predicted molar refractivity (Wildman–Crippen MR) is 155 cm³/mol. The monoisotopic (exact) mass is 579 g/mol. The number of likely N-dealkylation sites (tertiary alicyclic amines) is 1. The van der Waals surface area contributed by atoms with Gasteiger partial charge >= 0.3 is 0 Å². The minimum Gasteiger partial charge on any atom is -0.497 e. The van der Waals surface area contributed by atoms with Crippen LogP contribution in [-0.2, 0) is 24.7 Å². The number of nitrogens with one attached hydrogen (secondary N) is 2. The Balaban J connectivity index is 1.26. The number of carbonyl (C=O) groups is 1. The molecule has 214 valence electrons. The first-order valence-corrected chi connectivity index (χ1v) is 16.3. The van der Waals surface area contributed by atoms with Gasteiger partial charge < -0.3 is 15.0 Å². The number of hydrogen-bond acceptors (Lipinski definition) is 5. The van der Waals surface area contributed by atoms with Gasteiger partial charge in [0.1, 0.15) is 5.75 Å². The number of hydrogen-bond donors (Lipinski definition) is 2. The molecule has 4 rings (SSSR count). The van der Waals surface area contributed by atoms with Crippen molar-refractivity contribution in [2.24, 2.45) is 5.92 Å². The van der Waals surface area contributed by atoms with Gasteiger partial charge in [-0.25, -0.2) is 17.7 Å². The number of alkyl halides is 2. The van der Waals surface area contributed by atoms with Crippen molar-refractivity contribution in [1.82, 2.24) is 9.62 Å². The van der Waals surface area contributed by atoms with Crippen LogP contribution in [0, 0.1) is 5.92 Å². The van der Waals surface area contributed by atoms with Crippen molar-refractivity contribution in [2.45, 2.75) is 68.6 Å². The Hall–Kier alpha value is -2.14. The number of amides is 1. The summed E-state index contributed by atoms with van der Waals surface area (Å²) in [5.74, 6) is -1.58. The van der Waals surface area contributed by atoms with Crippen molar-refractivity contribution >= 4 is 31.5 Å². The Morgan fingerprint density at radius 2 is 1.72 bits per heavy atom. The summed E-state index contributed by atoms with van der Waals surface area (Å²) in [4.78, 5) is 14.9. The number of carbonyl (C=O) groups excluding carboxylic acids is 1. The number of anilines is 1. The first kappa shape index (κ1) is 29.8. The summed E-state index contributed by atoms with van der Waals surface area (Å²) >= 11 is 5.51. The standard InChI is InChI=1S/C29H39F2N3O3S2/c1-37-25-9-7-24(8-10-25)32-28(35)21-22-13-18-34(19-14-22)20-15-27(23-5-3-2-4-6-23)33-39(36,38)26-11-16-29(30,31)17-12-26/h2-10,22,26-27,33H,11-21H2,1H3,(H,32,35)/t27-,39?/m0/s1. The van der Waals surface area contributed by atoms with Crippen LogP contribution in [-0.4, -0.2) is 52.9 Å². The Morgan fingerprint density at radius 1 is 1.08 bits per heavy atom. The Morgan fingerprint density at radius 3 is 2.33 bits per heavy atom. The van der Waals surface area contributed by atoms with Gasteiger partial charge in [0, 0.05) is 31.0 Å². The summed E-state index contributed by atoms with van der Waals surface area (Å²) in [6.45, 7) is 2.58. The highest BCUT2D eigenvalue weighted by Gasteiger charge is 2.39. The molecule has 1 saturated carbocycles. The first-order chi connectivity index (χ1) is 18.6. The molecule has 0 spiro atoms. The summed E-state index contributed by atoms with van der Waals surface area (Å²) in [6, 6.07) is 16.9. The lowest BCUT2D eigenvalue weighted by atomic mass is 9.92. The van der Waals surface area contributed by atoms with E-state index in [1.54, 1.807) is 7.11 Å². The van der Waals surface area contributed by atoms with E-state index < -0.39 is 19.9 Å². The number of nitrogens with zero attached hydrogens (tertiary/aromatic N) is 1. The molecule has 1 unspecified atom stereocenters. The molecule has 1 heterocycles. The lowest BCUT2D eigenvalue weighted by molar-refractivity contribution is -0.117. The molecule has 2 aliphatic rings. The van der Waals surface area contributed by atoms with Gasteiger partial charge in [0.25, 0.3) is 0 Å². The van der Waals surface area contributed by atoms with E-state index >= 15 is 0 Å². The molecule has 0 bridgehead atoms. The van der Waals surface area contributed by atoms with Gasteiger partial charge in [-0.3, -0.25) is 4.79 Å². The zero-order chi connectivity index (χ0) is 27.9. The molecule has 0 radical (unpaired) electrons. The summed E-state index contributed by atoms with van der Waals surface area (Å²) < 4.78 is 49.2. The largest absolute Gasteiger partial charge is 0.497 e. The molecular weight excluding hydrogens is 540 g/mol. The van der Waals surface area contributed by atoms with Gasteiger partial charge in [-0.2, -0.15) is 0 Å². The Labute approximate surface area is 235 Å². The fourth-order valence-electron chi connectivity index (χ4n) is 5.47. The van der Waals surface area contributed by atoms with E-state index in [-0.39, 0.29) is 37.6 Å². The van der Waals surface area contributed by atoms with Crippen molar-refractivity contribution in [2.75, 3.05) is 32.1 Å². The van der Waals surface area contributed by atoms with Crippen molar-refractivity contribution in [3.8, 4) is 5.75 Å². The average Bonchev–Trinajstić information content (AvgIpc) is 2.92. The minimum atomic E-state index is -2.91. The van der Waals surface area contributed by atoms with Gasteiger partial charge in [0.05, 0.1) is 21.0 Å². The fraction of sp³-hybridized carbons (Fsp3) is 0.552. The summed E-state index contributed by atoms with van der Waals surface area (Å²) in [5.41, 5.74) is 1.76. The van der Waals surface area contributed by atoms with Crippen LogP contribution in [0.3, 0.4) is 0 Å². The second-order valence-corrected chi connectivity index (χ2v) is 14.2. The van der Waals surface area contributed by atoms with E-state index in [0.29, 0.717) is 18.8 Å². The Bertz CT molecular complexity index is 1160. The molecule has 39 heavy (non-hydrogen) atoms. The third kappa shape index (κ3) is 8.93. The van der Waals surface area contributed by atoms with Crippen LogP contribution in [0.2, 0.25) is 0 Å². The molecule has 1 amide bonds. The summed E-state index contributed by atoms with van der Waals surface area (Å²) in [5, 5.41) is 2.55.